The standard InChI is InChI=1S/C17H12N4O3S/c22-15(19-10-4-5-14-13(7-10)21-17(23)24-14)8-11-9-25-16(20-11)12-3-1-2-6-18-12/h1-7,9H,8H2,(H,19,22)(H,21,23). The van der Waals surface area contributed by atoms with Gasteiger partial charge >= 0.3 is 5.76 Å². The number of rotatable bonds is 4. The first-order valence-electron chi connectivity index (χ1n) is 7.46. The summed E-state index contributed by atoms with van der Waals surface area (Å²) in [6, 6.07) is 10.6. The second kappa shape index (κ2) is 6.33. The van der Waals surface area contributed by atoms with Gasteiger partial charge in [0.15, 0.2) is 5.58 Å². The fourth-order valence-corrected chi connectivity index (χ4v) is 3.19. The van der Waals surface area contributed by atoms with E-state index in [1.165, 1.54) is 11.3 Å². The molecule has 0 aliphatic heterocycles. The number of aromatic amines is 1. The third kappa shape index (κ3) is 3.33. The van der Waals surface area contributed by atoms with Gasteiger partial charge in [-0.1, -0.05) is 6.07 Å². The Bertz CT molecular complexity index is 1100. The summed E-state index contributed by atoms with van der Waals surface area (Å²) in [7, 11) is 0. The molecule has 0 atom stereocenters. The molecule has 1 amide bonds. The number of hydrogen-bond donors (Lipinski definition) is 2. The zero-order valence-corrected chi connectivity index (χ0v) is 13.7. The molecule has 0 spiro atoms. The van der Waals surface area contributed by atoms with Gasteiger partial charge < -0.3 is 9.73 Å². The maximum absolute atomic E-state index is 12.2. The fraction of sp³-hybridized carbons (Fsp3) is 0.0588. The van der Waals surface area contributed by atoms with E-state index in [2.05, 4.69) is 20.3 Å². The summed E-state index contributed by atoms with van der Waals surface area (Å²) >= 11 is 1.45. The topological polar surface area (TPSA) is 101 Å². The second-order valence-electron chi connectivity index (χ2n) is 5.31. The van der Waals surface area contributed by atoms with Crippen molar-refractivity contribution in [2.75, 3.05) is 5.32 Å². The maximum Gasteiger partial charge on any atom is 0.417 e. The normalized spacial score (nSPS) is 10.9. The summed E-state index contributed by atoms with van der Waals surface area (Å²) in [5, 5.41) is 5.41. The molecule has 124 valence electrons. The van der Waals surface area contributed by atoms with Crippen molar-refractivity contribution in [2.24, 2.45) is 0 Å². The summed E-state index contributed by atoms with van der Waals surface area (Å²) in [5.41, 5.74) is 3.03. The first-order valence-corrected chi connectivity index (χ1v) is 8.34. The zero-order chi connectivity index (χ0) is 17.2. The Balaban J connectivity index is 1.46. The molecule has 1 aromatic carbocycles. The van der Waals surface area contributed by atoms with Gasteiger partial charge in [0.25, 0.3) is 0 Å². The number of amides is 1. The summed E-state index contributed by atoms with van der Waals surface area (Å²) in [4.78, 5) is 34.6. The molecule has 0 bridgehead atoms. The Morgan fingerprint density at radius 3 is 3.04 bits per heavy atom. The number of benzene rings is 1. The molecule has 2 N–H and O–H groups in total. The van der Waals surface area contributed by atoms with Gasteiger partial charge in [-0.05, 0) is 30.3 Å². The van der Waals surface area contributed by atoms with E-state index in [0.29, 0.717) is 22.5 Å². The van der Waals surface area contributed by atoms with Crippen molar-refractivity contribution < 1.29 is 9.21 Å². The molecular formula is C17H12N4O3S. The van der Waals surface area contributed by atoms with Crippen molar-refractivity contribution in [1.29, 1.82) is 0 Å². The van der Waals surface area contributed by atoms with Crippen LogP contribution in [0.1, 0.15) is 5.69 Å². The van der Waals surface area contributed by atoms with Crippen molar-refractivity contribution in [1.82, 2.24) is 15.0 Å². The van der Waals surface area contributed by atoms with Crippen LogP contribution in [0.2, 0.25) is 0 Å². The van der Waals surface area contributed by atoms with Gasteiger partial charge in [-0.25, -0.2) is 9.78 Å². The first-order chi connectivity index (χ1) is 12.2. The zero-order valence-electron chi connectivity index (χ0n) is 12.9. The van der Waals surface area contributed by atoms with E-state index < -0.39 is 5.76 Å². The number of nitrogens with zero attached hydrogens (tertiary/aromatic N) is 2. The molecule has 0 saturated heterocycles. The predicted molar refractivity (Wildman–Crippen MR) is 94.5 cm³/mol. The minimum Gasteiger partial charge on any atom is -0.408 e. The van der Waals surface area contributed by atoms with Crippen LogP contribution in [0.3, 0.4) is 0 Å². The molecule has 8 heteroatoms. The molecule has 4 aromatic rings. The van der Waals surface area contributed by atoms with Gasteiger partial charge in [0.05, 0.1) is 23.3 Å². The molecule has 0 saturated carbocycles. The van der Waals surface area contributed by atoms with E-state index >= 15 is 0 Å². The van der Waals surface area contributed by atoms with Crippen molar-refractivity contribution in [3.05, 3.63) is 64.2 Å². The lowest BCUT2D eigenvalue weighted by Gasteiger charge is -2.03. The number of nitrogens with one attached hydrogen (secondary N) is 2. The average Bonchev–Trinajstić information content (AvgIpc) is 3.21. The van der Waals surface area contributed by atoms with E-state index in [1.807, 2.05) is 23.6 Å². The van der Waals surface area contributed by atoms with E-state index in [4.69, 9.17) is 4.42 Å². The number of fused-ring (bicyclic) bond motifs is 1. The van der Waals surface area contributed by atoms with Gasteiger partial charge in [-0.2, -0.15) is 0 Å². The highest BCUT2D eigenvalue weighted by Crippen LogP contribution is 2.22. The van der Waals surface area contributed by atoms with Crippen LogP contribution in [0.4, 0.5) is 5.69 Å². The Morgan fingerprint density at radius 2 is 2.20 bits per heavy atom. The highest BCUT2D eigenvalue weighted by atomic mass is 32.1. The monoisotopic (exact) mass is 352 g/mol. The van der Waals surface area contributed by atoms with Crippen molar-refractivity contribution >= 4 is 34.0 Å². The predicted octanol–water partition coefficient (Wildman–Crippen LogP) is 2.82. The van der Waals surface area contributed by atoms with E-state index in [1.54, 1.807) is 24.4 Å². The number of hydrogen-bond acceptors (Lipinski definition) is 6. The lowest BCUT2D eigenvalue weighted by atomic mass is 10.2. The summed E-state index contributed by atoms with van der Waals surface area (Å²) in [5.74, 6) is -0.717. The smallest absolute Gasteiger partial charge is 0.408 e. The van der Waals surface area contributed by atoms with Crippen LogP contribution in [0.15, 0.2) is 57.2 Å². The summed E-state index contributed by atoms with van der Waals surface area (Å²) in [6.45, 7) is 0. The Labute approximate surface area is 145 Å². The number of oxazole rings is 1. The molecule has 4 rings (SSSR count). The van der Waals surface area contributed by atoms with Gasteiger partial charge in [0, 0.05) is 17.3 Å². The molecule has 3 heterocycles. The average molecular weight is 352 g/mol. The van der Waals surface area contributed by atoms with Crippen molar-refractivity contribution in [3.63, 3.8) is 0 Å². The Hall–Kier alpha value is -3.26. The molecule has 0 fully saturated rings. The Morgan fingerprint density at radius 1 is 1.28 bits per heavy atom. The van der Waals surface area contributed by atoms with Gasteiger partial charge in [0.2, 0.25) is 5.91 Å². The van der Waals surface area contributed by atoms with Crippen LogP contribution in [0.5, 0.6) is 0 Å². The molecule has 0 radical (unpaired) electrons. The number of carbonyl (C=O) groups excluding carboxylic acids is 1. The third-order valence-corrected chi connectivity index (χ3v) is 4.39. The van der Waals surface area contributed by atoms with Gasteiger partial charge in [-0.15, -0.1) is 11.3 Å². The molecular weight excluding hydrogens is 340 g/mol. The number of pyridine rings is 1. The SMILES string of the molecule is O=C(Cc1csc(-c2ccccn2)n1)Nc1ccc2oc(=O)[nH]c2c1. The van der Waals surface area contributed by atoms with E-state index in [-0.39, 0.29) is 12.3 Å². The highest BCUT2D eigenvalue weighted by Gasteiger charge is 2.11. The number of thiazole rings is 1. The summed E-state index contributed by atoms with van der Waals surface area (Å²) < 4.78 is 4.93. The maximum atomic E-state index is 12.2. The third-order valence-electron chi connectivity index (χ3n) is 3.48. The molecule has 0 unspecified atom stereocenters. The van der Waals surface area contributed by atoms with Crippen LogP contribution in [0.25, 0.3) is 21.8 Å². The molecule has 7 nitrogen and oxygen atoms in total. The quantitative estimate of drug-likeness (QED) is 0.588. The molecule has 3 aromatic heterocycles. The van der Waals surface area contributed by atoms with Crippen LogP contribution in [-0.4, -0.2) is 20.9 Å². The fourth-order valence-electron chi connectivity index (χ4n) is 2.39. The van der Waals surface area contributed by atoms with Crippen LogP contribution < -0.4 is 11.1 Å². The van der Waals surface area contributed by atoms with Crippen molar-refractivity contribution in [2.45, 2.75) is 6.42 Å². The number of H-pyrrole nitrogens is 1. The van der Waals surface area contributed by atoms with Gasteiger partial charge in [-0.3, -0.25) is 14.8 Å². The Kier molecular flexibility index (Phi) is 3.87. The van der Waals surface area contributed by atoms with Crippen LogP contribution in [0, 0.1) is 0 Å². The minimum absolute atomic E-state index is 0.156. The molecule has 25 heavy (non-hydrogen) atoms. The molecule has 0 aliphatic rings. The lowest BCUT2D eigenvalue weighted by Crippen LogP contribution is -2.14. The summed E-state index contributed by atoms with van der Waals surface area (Å²) in [6.07, 6.45) is 1.86. The lowest BCUT2D eigenvalue weighted by molar-refractivity contribution is -0.115. The number of anilines is 1. The van der Waals surface area contributed by atoms with Crippen molar-refractivity contribution in [3.8, 4) is 10.7 Å². The molecule has 0 aliphatic carbocycles. The number of carbonyl (C=O) groups is 1. The van der Waals surface area contributed by atoms with Crippen LogP contribution in [-0.2, 0) is 11.2 Å². The first kappa shape index (κ1) is 15.3. The van der Waals surface area contributed by atoms with E-state index in [0.717, 1.165) is 10.7 Å². The highest BCUT2D eigenvalue weighted by molar-refractivity contribution is 7.13. The van der Waals surface area contributed by atoms with Gasteiger partial charge in [0.1, 0.15) is 5.01 Å². The number of aromatic nitrogens is 3. The largest absolute Gasteiger partial charge is 0.417 e. The van der Waals surface area contributed by atoms with E-state index in [9.17, 15) is 9.59 Å². The van der Waals surface area contributed by atoms with Crippen LogP contribution >= 0.6 is 11.3 Å². The minimum atomic E-state index is -0.525. The second-order valence-corrected chi connectivity index (χ2v) is 6.17.